The lowest BCUT2D eigenvalue weighted by atomic mass is 10.2. The van der Waals surface area contributed by atoms with Crippen LogP contribution >= 0.6 is 11.6 Å². The highest BCUT2D eigenvalue weighted by Gasteiger charge is 2.09. The SMILES string of the molecule is CC(=O)NCCNc1cc(NCCNC(=O)c2cnccn2)nc(-c2ccc(Cl)cc2)n1. The molecule has 0 unspecified atom stereocenters. The number of rotatable bonds is 10. The van der Waals surface area contributed by atoms with Crippen molar-refractivity contribution in [2.75, 3.05) is 36.8 Å². The Morgan fingerprint density at radius 2 is 1.56 bits per heavy atom. The Labute approximate surface area is 190 Å². The van der Waals surface area contributed by atoms with Gasteiger partial charge in [0.05, 0.1) is 6.20 Å². The zero-order valence-electron chi connectivity index (χ0n) is 17.4. The molecule has 166 valence electrons. The largest absolute Gasteiger partial charge is 0.368 e. The van der Waals surface area contributed by atoms with Crippen LogP contribution in [0.1, 0.15) is 17.4 Å². The molecule has 0 aliphatic rings. The maximum absolute atomic E-state index is 12.1. The van der Waals surface area contributed by atoms with Crippen molar-refractivity contribution in [3.05, 3.63) is 59.6 Å². The van der Waals surface area contributed by atoms with E-state index in [-0.39, 0.29) is 17.5 Å². The van der Waals surface area contributed by atoms with Crippen LogP contribution in [0.4, 0.5) is 11.6 Å². The number of benzene rings is 1. The first-order valence-electron chi connectivity index (χ1n) is 9.92. The molecule has 0 saturated heterocycles. The highest BCUT2D eigenvalue weighted by atomic mass is 35.5. The lowest BCUT2D eigenvalue weighted by molar-refractivity contribution is -0.118. The number of amides is 2. The van der Waals surface area contributed by atoms with E-state index in [0.29, 0.717) is 48.7 Å². The lowest BCUT2D eigenvalue weighted by Gasteiger charge is -2.12. The van der Waals surface area contributed by atoms with Gasteiger partial charge in [0.1, 0.15) is 17.3 Å². The molecule has 0 aliphatic heterocycles. The van der Waals surface area contributed by atoms with Gasteiger partial charge in [-0.1, -0.05) is 11.6 Å². The molecule has 11 heteroatoms. The zero-order chi connectivity index (χ0) is 22.8. The first kappa shape index (κ1) is 22.9. The second-order valence-electron chi connectivity index (χ2n) is 6.65. The molecule has 0 radical (unpaired) electrons. The molecular weight excluding hydrogens is 432 g/mol. The standard InChI is InChI=1S/C21H23ClN8O2/c1-14(31)24-8-9-26-18-12-19(30-20(29-18)15-2-4-16(22)5-3-15)27-10-11-28-21(32)17-13-23-6-7-25-17/h2-7,12-13H,8-11H2,1H3,(H,24,31)(H,28,32)(H2,26,27,29,30). The number of anilines is 2. The molecule has 2 heterocycles. The van der Waals surface area contributed by atoms with Crippen LogP contribution in [0.15, 0.2) is 48.9 Å². The predicted molar refractivity (Wildman–Crippen MR) is 123 cm³/mol. The molecule has 0 spiro atoms. The molecule has 0 aliphatic carbocycles. The van der Waals surface area contributed by atoms with Crippen LogP contribution in [0, 0.1) is 0 Å². The van der Waals surface area contributed by atoms with Gasteiger partial charge >= 0.3 is 0 Å². The summed E-state index contributed by atoms with van der Waals surface area (Å²) in [7, 11) is 0. The summed E-state index contributed by atoms with van der Waals surface area (Å²) in [5, 5.41) is 12.5. The summed E-state index contributed by atoms with van der Waals surface area (Å²) in [6.07, 6.45) is 4.38. The highest BCUT2D eigenvalue weighted by Crippen LogP contribution is 2.22. The number of hydrogen-bond donors (Lipinski definition) is 4. The van der Waals surface area contributed by atoms with E-state index in [1.54, 1.807) is 18.2 Å². The van der Waals surface area contributed by atoms with E-state index < -0.39 is 0 Å². The Kier molecular flexibility index (Phi) is 8.27. The van der Waals surface area contributed by atoms with Crippen LogP contribution in [-0.4, -0.2) is 57.9 Å². The van der Waals surface area contributed by atoms with Gasteiger partial charge < -0.3 is 21.3 Å². The van der Waals surface area contributed by atoms with E-state index in [0.717, 1.165) is 5.56 Å². The quantitative estimate of drug-likeness (QED) is 0.342. The van der Waals surface area contributed by atoms with E-state index >= 15 is 0 Å². The Bertz CT molecular complexity index is 1050. The molecule has 4 N–H and O–H groups in total. The summed E-state index contributed by atoms with van der Waals surface area (Å²) in [6.45, 7) is 3.24. The number of nitrogens with zero attached hydrogens (tertiary/aromatic N) is 4. The molecule has 0 atom stereocenters. The average molecular weight is 455 g/mol. The predicted octanol–water partition coefficient (Wildman–Crippen LogP) is 1.98. The second kappa shape index (κ2) is 11.6. The first-order valence-corrected chi connectivity index (χ1v) is 10.3. The van der Waals surface area contributed by atoms with Gasteiger partial charge in [-0.05, 0) is 24.3 Å². The fourth-order valence-corrected chi connectivity index (χ4v) is 2.79. The third-order valence-corrected chi connectivity index (χ3v) is 4.40. The van der Waals surface area contributed by atoms with Crippen LogP contribution in [0.3, 0.4) is 0 Å². The third-order valence-electron chi connectivity index (χ3n) is 4.15. The molecule has 0 fully saturated rings. The van der Waals surface area contributed by atoms with Crippen molar-refractivity contribution in [2.24, 2.45) is 0 Å². The van der Waals surface area contributed by atoms with Gasteiger partial charge in [0.2, 0.25) is 5.91 Å². The first-order chi connectivity index (χ1) is 15.5. The van der Waals surface area contributed by atoms with Crippen LogP contribution < -0.4 is 21.3 Å². The molecule has 1 aromatic carbocycles. The molecule has 3 rings (SSSR count). The number of aromatic nitrogens is 4. The molecule has 3 aromatic rings. The minimum Gasteiger partial charge on any atom is -0.368 e. The summed E-state index contributed by atoms with van der Waals surface area (Å²) in [6, 6.07) is 8.98. The van der Waals surface area contributed by atoms with Gasteiger partial charge in [0.25, 0.3) is 5.91 Å². The normalized spacial score (nSPS) is 10.3. The maximum Gasteiger partial charge on any atom is 0.271 e. The minimum atomic E-state index is -0.301. The van der Waals surface area contributed by atoms with Crippen molar-refractivity contribution in [3.8, 4) is 11.4 Å². The van der Waals surface area contributed by atoms with Crippen molar-refractivity contribution in [1.29, 1.82) is 0 Å². The molecule has 0 saturated carbocycles. The van der Waals surface area contributed by atoms with Crippen molar-refractivity contribution in [1.82, 2.24) is 30.6 Å². The van der Waals surface area contributed by atoms with Gasteiger partial charge in [-0.15, -0.1) is 0 Å². The van der Waals surface area contributed by atoms with E-state index in [4.69, 9.17) is 11.6 Å². The molecule has 32 heavy (non-hydrogen) atoms. The van der Waals surface area contributed by atoms with Crippen molar-refractivity contribution < 1.29 is 9.59 Å². The summed E-state index contributed by atoms with van der Waals surface area (Å²) < 4.78 is 0. The number of nitrogens with one attached hydrogen (secondary N) is 4. The van der Waals surface area contributed by atoms with E-state index in [2.05, 4.69) is 41.2 Å². The summed E-state index contributed by atoms with van der Waals surface area (Å²) in [5.41, 5.74) is 1.06. The molecule has 2 aromatic heterocycles. The van der Waals surface area contributed by atoms with Gasteiger partial charge in [0.15, 0.2) is 5.82 Å². The smallest absolute Gasteiger partial charge is 0.271 e. The van der Waals surface area contributed by atoms with Gasteiger partial charge in [-0.3, -0.25) is 14.6 Å². The molecule has 2 amide bonds. The number of carbonyl (C=O) groups is 2. The number of halogens is 1. The van der Waals surface area contributed by atoms with Gasteiger partial charge in [-0.2, -0.15) is 0 Å². The number of hydrogen-bond acceptors (Lipinski definition) is 8. The fourth-order valence-electron chi connectivity index (χ4n) is 2.66. The van der Waals surface area contributed by atoms with Crippen molar-refractivity contribution in [2.45, 2.75) is 6.92 Å². The summed E-state index contributed by atoms with van der Waals surface area (Å²) in [4.78, 5) is 40.0. The average Bonchev–Trinajstić information content (AvgIpc) is 2.80. The van der Waals surface area contributed by atoms with E-state index in [9.17, 15) is 9.59 Å². The van der Waals surface area contributed by atoms with Gasteiger partial charge in [-0.25, -0.2) is 15.0 Å². The molecular formula is C21H23ClN8O2. The highest BCUT2D eigenvalue weighted by molar-refractivity contribution is 6.30. The lowest BCUT2D eigenvalue weighted by Crippen LogP contribution is -2.29. The fraction of sp³-hybridized carbons (Fsp3) is 0.238. The maximum atomic E-state index is 12.1. The van der Waals surface area contributed by atoms with Crippen LogP contribution in [-0.2, 0) is 4.79 Å². The molecule has 0 bridgehead atoms. The summed E-state index contributed by atoms with van der Waals surface area (Å²) >= 11 is 5.98. The number of carbonyl (C=O) groups excluding carboxylic acids is 2. The molecule has 10 nitrogen and oxygen atoms in total. The summed E-state index contributed by atoms with van der Waals surface area (Å²) in [5.74, 6) is 1.30. The van der Waals surface area contributed by atoms with E-state index in [1.807, 2.05) is 12.1 Å². The van der Waals surface area contributed by atoms with Crippen LogP contribution in [0.5, 0.6) is 0 Å². The Balaban J connectivity index is 1.64. The van der Waals surface area contributed by atoms with Crippen LogP contribution in [0.2, 0.25) is 5.02 Å². The zero-order valence-corrected chi connectivity index (χ0v) is 18.2. The monoisotopic (exact) mass is 454 g/mol. The van der Waals surface area contributed by atoms with Crippen molar-refractivity contribution >= 4 is 35.1 Å². The Morgan fingerprint density at radius 1 is 0.906 bits per heavy atom. The Hall–Kier alpha value is -3.79. The third kappa shape index (κ3) is 7.17. The Morgan fingerprint density at radius 3 is 2.16 bits per heavy atom. The topological polar surface area (TPSA) is 134 Å². The van der Waals surface area contributed by atoms with Gasteiger partial charge in [0, 0.05) is 62.1 Å². The van der Waals surface area contributed by atoms with Crippen molar-refractivity contribution in [3.63, 3.8) is 0 Å². The van der Waals surface area contributed by atoms with E-state index in [1.165, 1.54) is 25.5 Å². The minimum absolute atomic E-state index is 0.0952. The second-order valence-corrected chi connectivity index (χ2v) is 7.09. The van der Waals surface area contributed by atoms with Crippen LogP contribution in [0.25, 0.3) is 11.4 Å².